The molecule has 1 aliphatic heterocycles. The number of amides is 2. The quantitative estimate of drug-likeness (QED) is 0.675. The molecule has 0 unspecified atom stereocenters. The minimum atomic E-state index is -0.939. The van der Waals surface area contributed by atoms with Gasteiger partial charge in [-0.3, -0.25) is 9.59 Å². The van der Waals surface area contributed by atoms with Crippen LogP contribution in [0.15, 0.2) is 41.8 Å². The zero-order valence-electron chi connectivity index (χ0n) is 17.5. The Morgan fingerprint density at radius 3 is 2.67 bits per heavy atom. The minimum absolute atomic E-state index is 0.0439. The number of hydrogen-bond donors (Lipinski definition) is 1. The van der Waals surface area contributed by atoms with Gasteiger partial charge in [-0.2, -0.15) is 0 Å². The van der Waals surface area contributed by atoms with Gasteiger partial charge >= 0.3 is 0 Å². The van der Waals surface area contributed by atoms with Crippen molar-refractivity contribution in [3.63, 3.8) is 0 Å². The van der Waals surface area contributed by atoms with Gasteiger partial charge in [-0.25, -0.2) is 0 Å². The summed E-state index contributed by atoms with van der Waals surface area (Å²) in [5, 5.41) is 5.29. The largest absolute Gasteiger partial charge is 0.351 e. The Morgan fingerprint density at radius 2 is 1.93 bits per heavy atom. The summed E-state index contributed by atoms with van der Waals surface area (Å²) in [6.07, 6.45) is 4.37. The number of benzene rings is 1. The van der Waals surface area contributed by atoms with Crippen LogP contribution in [0.25, 0.3) is 10.2 Å². The molecule has 2 aromatic heterocycles. The van der Waals surface area contributed by atoms with E-state index in [1.165, 1.54) is 5.56 Å². The lowest BCUT2D eigenvalue weighted by Crippen LogP contribution is -2.64. The molecule has 5 rings (SSSR count). The van der Waals surface area contributed by atoms with Gasteiger partial charge in [0.2, 0.25) is 5.91 Å². The van der Waals surface area contributed by atoms with E-state index < -0.39 is 5.54 Å². The number of fused-ring (bicyclic) bond motifs is 3. The van der Waals surface area contributed by atoms with Crippen LogP contribution in [0.4, 0.5) is 0 Å². The van der Waals surface area contributed by atoms with E-state index >= 15 is 0 Å². The summed E-state index contributed by atoms with van der Waals surface area (Å²) in [6.45, 7) is 4.87. The van der Waals surface area contributed by atoms with Gasteiger partial charge < -0.3 is 14.8 Å². The predicted molar refractivity (Wildman–Crippen MR) is 120 cm³/mol. The molecule has 2 amide bonds. The number of nitrogens with one attached hydrogen (secondary N) is 1. The molecule has 2 aliphatic rings. The standard InChI is InChI=1S/C24H27N3O2S/c1-16-7-9-17(10-8-16)14-27-22(28)20-13-21-19(11-12-30-21)26(20)15-24(27,2)23(29)25-18-5-3-4-6-18/h7-13,18H,3-6,14-15H2,1-2H3,(H,25,29)/t24-/m0/s1. The molecule has 1 N–H and O–H groups in total. The molecule has 0 radical (unpaired) electrons. The van der Waals surface area contributed by atoms with E-state index in [-0.39, 0.29) is 17.9 Å². The van der Waals surface area contributed by atoms with Crippen LogP contribution in [0.5, 0.6) is 0 Å². The van der Waals surface area contributed by atoms with Gasteiger partial charge in [0.1, 0.15) is 11.2 Å². The first-order valence-corrected chi connectivity index (χ1v) is 11.6. The van der Waals surface area contributed by atoms with Crippen molar-refractivity contribution < 1.29 is 9.59 Å². The molecule has 1 aromatic carbocycles. The van der Waals surface area contributed by atoms with Crippen molar-refractivity contribution >= 4 is 33.4 Å². The highest BCUT2D eigenvalue weighted by molar-refractivity contribution is 7.17. The van der Waals surface area contributed by atoms with E-state index in [0.717, 1.165) is 41.5 Å². The summed E-state index contributed by atoms with van der Waals surface area (Å²) < 4.78 is 3.13. The molecule has 3 aromatic rings. The third-order valence-corrected chi connectivity index (χ3v) is 7.54. The number of rotatable bonds is 4. The van der Waals surface area contributed by atoms with Crippen molar-refractivity contribution in [2.75, 3.05) is 0 Å². The fourth-order valence-corrected chi connectivity index (χ4v) is 5.63. The van der Waals surface area contributed by atoms with Crippen molar-refractivity contribution in [3.8, 4) is 0 Å². The van der Waals surface area contributed by atoms with Crippen LogP contribution >= 0.6 is 11.3 Å². The topological polar surface area (TPSA) is 54.3 Å². The van der Waals surface area contributed by atoms with Gasteiger partial charge in [0.05, 0.1) is 16.8 Å². The maximum Gasteiger partial charge on any atom is 0.271 e. The van der Waals surface area contributed by atoms with E-state index in [9.17, 15) is 9.59 Å². The molecule has 3 heterocycles. The number of carbonyl (C=O) groups excluding carboxylic acids is 2. The number of aromatic nitrogens is 1. The van der Waals surface area contributed by atoms with E-state index in [1.807, 2.05) is 41.1 Å². The third-order valence-electron chi connectivity index (χ3n) is 6.69. The molecule has 5 nitrogen and oxygen atoms in total. The van der Waals surface area contributed by atoms with Crippen molar-refractivity contribution in [1.29, 1.82) is 0 Å². The van der Waals surface area contributed by atoms with Crippen LogP contribution in [-0.2, 0) is 17.9 Å². The third kappa shape index (κ3) is 3.14. The number of aryl methyl sites for hydroxylation is 1. The number of thiophene rings is 1. The molecule has 156 valence electrons. The highest BCUT2D eigenvalue weighted by Crippen LogP contribution is 2.35. The molecule has 1 fully saturated rings. The maximum absolute atomic E-state index is 13.6. The fraction of sp³-hybridized carbons (Fsp3) is 0.417. The predicted octanol–water partition coefficient (Wildman–Crippen LogP) is 4.48. The average Bonchev–Trinajstić information content (AvgIpc) is 3.45. The lowest BCUT2D eigenvalue weighted by molar-refractivity contribution is -0.133. The molecule has 1 atom stereocenters. The monoisotopic (exact) mass is 421 g/mol. The Hall–Kier alpha value is -2.60. The summed E-state index contributed by atoms with van der Waals surface area (Å²) in [6, 6.07) is 12.4. The Balaban J connectivity index is 1.54. The van der Waals surface area contributed by atoms with Crippen LogP contribution < -0.4 is 5.32 Å². The first kappa shape index (κ1) is 19.4. The molecular formula is C24H27N3O2S. The minimum Gasteiger partial charge on any atom is -0.351 e. The Kier molecular flexibility index (Phi) is 4.69. The van der Waals surface area contributed by atoms with E-state index in [0.29, 0.717) is 18.8 Å². The molecule has 30 heavy (non-hydrogen) atoms. The second kappa shape index (κ2) is 7.27. The number of hydrogen-bond acceptors (Lipinski definition) is 3. The van der Waals surface area contributed by atoms with Crippen LogP contribution in [0.1, 0.15) is 54.2 Å². The van der Waals surface area contributed by atoms with Crippen molar-refractivity contribution in [2.45, 2.75) is 64.2 Å². The molecule has 1 saturated carbocycles. The maximum atomic E-state index is 13.6. The van der Waals surface area contributed by atoms with Crippen LogP contribution in [0.3, 0.4) is 0 Å². The normalized spacial score (nSPS) is 21.9. The van der Waals surface area contributed by atoms with E-state index in [4.69, 9.17) is 0 Å². The summed E-state index contributed by atoms with van der Waals surface area (Å²) in [5.74, 6) is -0.119. The summed E-state index contributed by atoms with van der Waals surface area (Å²) in [7, 11) is 0. The van der Waals surface area contributed by atoms with E-state index in [1.54, 1.807) is 16.2 Å². The number of nitrogens with zero attached hydrogens (tertiary/aromatic N) is 2. The highest BCUT2D eigenvalue weighted by Gasteiger charge is 2.48. The average molecular weight is 422 g/mol. The van der Waals surface area contributed by atoms with Crippen LogP contribution in [0.2, 0.25) is 0 Å². The molecule has 0 saturated heterocycles. The van der Waals surface area contributed by atoms with Gasteiger partial charge in [-0.05, 0) is 49.8 Å². The smallest absolute Gasteiger partial charge is 0.271 e. The van der Waals surface area contributed by atoms with Gasteiger partial charge in [-0.1, -0.05) is 42.7 Å². The van der Waals surface area contributed by atoms with Crippen molar-refractivity contribution in [3.05, 3.63) is 58.6 Å². The van der Waals surface area contributed by atoms with Gasteiger partial charge in [0.25, 0.3) is 5.91 Å². The van der Waals surface area contributed by atoms with Gasteiger partial charge in [-0.15, -0.1) is 11.3 Å². The molecular weight excluding hydrogens is 394 g/mol. The first-order chi connectivity index (χ1) is 14.5. The lowest BCUT2D eigenvalue weighted by atomic mass is 9.93. The Labute approximate surface area is 180 Å². The summed E-state index contributed by atoms with van der Waals surface area (Å²) in [5.41, 5.74) is 2.99. The van der Waals surface area contributed by atoms with Crippen molar-refractivity contribution in [2.24, 2.45) is 0 Å². The molecule has 0 bridgehead atoms. The zero-order chi connectivity index (χ0) is 20.9. The van der Waals surface area contributed by atoms with Crippen LogP contribution in [-0.4, -0.2) is 32.9 Å². The molecule has 6 heteroatoms. The fourth-order valence-electron chi connectivity index (χ4n) is 4.81. The van der Waals surface area contributed by atoms with Crippen LogP contribution in [0, 0.1) is 6.92 Å². The zero-order valence-corrected chi connectivity index (χ0v) is 18.3. The highest BCUT2D eigenvalue weighted by atomic mass is 32.1. The molecule has 1 aliphatic carbocycles. The van der Waals surface area contributed by atoms with E-state index in [2.05, 4.69) is 24.4 Å². The SMILES string of the molecule is Cc1ccc(CN2C(=O)c3cc4sccc4n3C[C@@]2(C)C(=O)NC2CCCC2)cc1. The van der Waals surface area contributed by atoms with Crippen molar-refractivity contribution in [1.82, 2.24) is 14.8 Å². The summed E-state index contributed by atoms with van der Waals surface area (Å²) >= 11 is 1.63. The second-order valence-corrected chi connectivity index (χ2v) is 9.84. The first-order valence-electron chi connectivity index (χ1n) is 10.7. The number of carbonyl (C=O) groups is 2. The molecule has 0 spiro atoms. The summed E-state index contributed by atoms with van der Waals surface area (Å²) in [4.78, 5) is 29.0. The lowest BCUT2D eigenvalue weighted by Gasteiger charge is -2.44. The van der Waals surface area contributed by atoms with Gasteiger partial charge in [0, 0.05) is 12.6 Å². The Bertz CT molecular complexity index is 1110. The van der Waals surface area contributed by atoms with Gasteiger partial charge in [0.15, 0.2) is 0 Å². The second-order valence-electron chi connectivity index (χ2n) is 8.89. The Morgan fingerprint density at radius 1 is 1.20 bits per heavy atom.